The van der Waals surface area contributed by atoms with E-state index >= 15 is 0 Å². The number of esters is 1. The monoisotopic (exact) mass is 317 g/mol. The first kappa shape index (κ1) is 17.5. The zero-order chi connectivity index (χ0) is 17.0. The van der Waals surface area contributed by atoms with Crippen molar-refractivity contribution >= 4 is 11.9 Å². The third kappa shape index (κ3) is 4.57. The van der Waals surface area contributed by atoms with Crippen molar-refractivity contribution in [1.82, 2.24) is 0 Å². The molecule has 0 aromatic heterocycles. The molecule has 1 aliphatic rings. The standard InChI is InChI=1S/C19H27NO3/c1-19(2,3)15-11-9-14(10-12-15)18(22)23-16(17(20)21)13-7-5-4-6-8-13/h4-8,14-16H,9-12H2,1-3H3,(H2,20,21). The predicted molar refractivity (Wildman–Crippen MR) is 89.4 cm³/mol. The fraction of sp³-hybridized carbons (Fsp3) is 0.579. The molecule has 0 heterocycles. The second-order valence-electron chi connectivity index (χ2n) is 7.54. The van der Waals surface area contributed by atoms with E-state index in [1.54, 1.807) is 24.3 Å². The summed E-state index contributed by atoms with van der Waals surface area (Å²) in [6.07, 6.45) is 2.69. The SMILES string of the molecule is CC(C)(C)C1CCC(C(=O)OC(C(N)=O)c2ccccc2)CC1. The highest BCUT2D eigenvalue weighted by atomic mass is 16.5. The van der Waals surface area contributed by atoms with Crippen LogP contribution in [0.1, 0.15) is 58.1 Å². The third-order valence-corrected chi connectivity index (χ3v) is 4.88. The Balaban J connectivity index is 1.97. The van der Waals surface area contributed by atoms with Gasteiger partial charge in [0.15, 0.2) is 0 Å². The Hall–Kier alpha value is -1.84. The van der Waals surface area contributed by atoms with Gasteiger partial charge in [-0.1, -0.05) is 51.1 Å². The average Bonchev–Trinajstić information content (AvgIpc) is 2.52. The molecule has 126 valence electrons. The van der Waals surface area contributed by atoms with Gasteiger partial charge in [0.25, 0.3) is 5.91 Å². The van der Waals surface area contributed by atoms with Gasteiger partial charge in [-0.2, -0.15) is 0 Å². The molecule has 1 aliphatic carbocycles. The number of carbonyl (C=O) groups excluding carboxylic acids is 2. The Morgan fingerprint density at radius 1 is 1.09 bits per heavy atom. The fourth-order valence-electron chi connectivity index (χ4n) is 3.33. The van der Waals surface area contributed by atoms with Gasteiger partial charge >= 0.3 is 5.97 Å². The van der Waals surface area contributed by atoms with E-state index < -0.39 is 12.0 Å². The summed E-state index contributed by atoms with van der Waals surface area (Å²) in [5, 5.41) is 0. The van der Waals surface area contributed by atoms with Gasteiger partial charge < -0.3 is 10.5 Å². The van der Waals surface area contributed by atoms with Gasteiger partial charge in [-0.05, 0) is 37.0 Å². The maximum absolute atomic E-state index is 12.4. The van der Waals surface area contributed by atoms with Crippen LogP contribution >= 0.6 is 0 Å². The van der Waals surface area contributed by atoms with Gasteiger partial charge in [0.1, 0.15) is 0 Å². The van der Waals surface area contributed by atoms with Crippen molar-refractivity contribution < 1.29 is 14.3 Å². The highest BCUT2D eigenvalue weighted by Gasteiger charge is 2.34. The summed E-state index contributed by atoms with van der Waals surface area (Å²) in [5.74, 6) is -0.426. The molecule has 1 unspecified atom stereocenters. The Kier molecular flexibility index (Phi) is 5.45. The first-order chi connectivity index (χ1) is 10.8. The lowest BCUT2D eigenvalue weighted by molar-refractivity contribution is -0.161. The van der Waals surface area contributed by atoms with Crippen LogP contribution in [-0.4, -0.2) is 11.9 Å². The van der Waals surface area contributed by atoms with Gasteiger partial charge in [-0.25, -0.2) is 0 Å². The molecular formula is C19H27NO3. The van der Waals surface area contributed by atoms with Gasteiger partial charge in [0.2, 0.25) is 6.10 Å². The lowest BCUT2D eigenvalue weighted by Crippen LogP contribution is -2.32. The van der Waals surface area contributed by atoms with E-state index in [0.29, 0.717) is 11.5 Å². The zero-order valence-electron chi connectivity index (χ0n) is 14.2. The molecular weight excluding hydrogens is 290 g/mol. The van der Waals surface area contributed by atoms with Crippen molar-refractivity contribution in [2.75, 3.05) is 0 Å². The molecule has 1 fully saturated rings. The molecule has 23 heavy (non-hydrogen) atoms. The Labute approximate surface area is 138 Å². The Bertz CT molecular complexity index is 539. The molecule has 2 N–H and O–H groups in total. The predicted octanol–water partition coefficient (Wildman–Crippen LogP) is 3.61. The van der Waals surface area contributed by atoms with Crippen LogP contribution in [0.2, 0.25) is 0 Å². The van der Waals surface area contributed by atoms with Crippen LogP contribution in [0.3, 0.4) is 0 Å². The number of hydrogen-bond donors (Lipinski definition) is 1. The maximum Gasteiger partial charge on any atom is 0.310 e. The molecule has 0 saturated heterocycles. The first-order valence-electron chi connectivity index (χ1n) is 8.34. The van der Waals surface area contributed by atoms with E-state index in [4.69, 9.17) is 10.5 Å². The molecule has 0 aliphatic heterocycles. The van der Waals surface area contributed by atoms with Crippen molar-refractivity contribution in [2.24, 2.45) is 23.0 Å². The number of nitrogens with two attached hydrogens (primary N) is 1. The van der Waals surface area contributed by atoms with Gasteiger partial charge in [0.05, 0.1) is 5.92 Å². The number of ether oxygens (including phenoxy) is 1. The number of amides is 1. The lowest BCUT2D eigenvalue weighted by atomic mass is 9.70. The number of carbonyl (C=O) groups is 2. The summed E-state index contributed by atoms with van der Waals surface area (Å²) in [5.41, 5.74) is 6.30. The summed E-state index contributed by atoms with van der Waals surface area (Å²) in [7, 11) is 0. The van der Waals surface area contributed by atoms with Gasteiger partial charge in [-0.15, -0.1) is 0 Å². The highest BCUT2D eigenvalue weighted by Crippen LogP contribution is 2.40. The largest absolute Gasteiger partial charge is 0.447 e. The van der Waals surface area contributed by atoms with E-state index in [0.717, 1.165) is 25.7 Å². The topological polar surface area (TPSA) is 69.4 Å². The first-order valence-corrected chi connectivity index (χ1v) is 8.34. The minimum atomic E-state index is -0.996. The summed E-state index contributed by atoms with van der Waals surface area (Å²) < 4.78 is 5.44. The van der Waals surface area contributed by atoms with Crippen molar-refractivity contribution in [3.05, 3.63) is 35.9 Å². The van der Waals surface area contributed by atoms with E-state index in [1.165, 1.54) is 0 Å². The van der Waals surface area contributed by atoms with E-state index in [9.17, 15) is 9.59 Å². The molecule has 1 aromatic carbocycles. The normalized spacial score (nSPS) is 23.1. The molecule has 4 nitrogen and oxygen atoms in total. The molecule has 2 rings (SSSR count). The fourth-order valence-corrected chi connectivity index (χ4v) is 3.33. The second kappa shape index (κ2) is 7.16. The summed E-state index contributed by atoms with van der Waals surface area (Å²) in [6.45, 7) is 6.73. The van der Waals surface area contributed by atoms with Crippen molar-refractivity contribution in [2.45, 2.75) is 52.6 Å². The Morgan fingerprint density at radius 3 is 2.13 bits per heavy atom. The Morgan fingerprint density at radius 2 is 1.65 bits per heavy atom. The number of hydrogen-bond acceptors (Lipinski definition) is 3. The van der Waals surface area contributed by atoms with Gasteiger partial charge in [0, 0.05) is 5.56 Å². The quantitative estimate of drug-likeness (QED) is 0.862. The molecule has 1 amide bonds. The summed E-state index contributed by atoms with van der Waals surface area (Å²) >= 11 is 0. The van der Waals surface area contributed by atoms with Crippen LogP contribution in [0.5, 0.6) is 0 Å². The summed E-state index contributed by atoms with van der Waals surface area (Å²) in [6, 6.07) is 8.94. The third-order valence-electron chi connectivity index (χ3n) is 4.88. The zero-order valence-corrected chi connectivity index (χ0v) is 14.2. The van der Waals surface area contributed by atoms with Crippen LogP contribution in [0.25, 0.3) is 0 Å². The maximum atomic E-state index is 12.4. The van der Waals surface area contributed by atoms with Crippen LogP contribution < -0.4 is 5.73 Å². The number of primary amides is 1. The van der Waals surface area contributed by atoms with Crippen LogP contribution in [-0.2, 0) is 14.3 Å². The minimum absolute atomic E-state index is 0.126. The highest BCUT2D eigenvalue weighted by molar-refractivity contribution is 5.84. The summed E-state index contributed by atoms with van der Waals surface area (Å²) in [4.78, 5) is 24.1. The molecule has 1 aromatic rings. The van der Waals surface area contributed by atoms with Crippen molar-refractivity contribution in [3.63, 3.8) is 0 Å². The van der Waals surface area contributed by atoms with Gasteiger partial charge in [-0.3, -0.25) is 9.59 Å². The van der Waals surface area contributed by atoms with Crippen molar-refractivity contribution in [1.29, 1.82) is 0 Å². The van der Waals surface area contributed by atoms with E-state index in [1.807, 2.05) is 6.07 Å². The van der Waals surface area contributed by atoms with Crippen molar-refractivity contribution in [3.8, 4) is 0 Å². The van der Waals surface area contributed by atoms with E-state index in [2.05, 4.69) is 20.8 Å². The molecule has 4 heteroatoms. The molecule has 0 spiro atoms. The number of rotatable bonds is 4. The molecule has 1 saturated carbocycles. The molecule has 0 bridgehead atoms. The molecule has 0 radical (unpaired) electrons. The van der Waals surface area contributed by atoms with Crippen LogP contribution in [0, 0.1) is 17.3 Å². The number of benzene rings is 1. The van der Waals surface area contributed by atoms with Crippen LogP contribution in [0.4, 0.5) is 0 Å². The average molecular weight is 317 g/mol. The molecule has 1 atom stereocenters. The second-order valence-corrected chi connectivity index (χ2v) is 7.54. The van der Waals surface area contributed by atoms with E-state index in [-0.39, 0.29) is 17.3 Å². The minimum Gasteiger partial charge on any atom is -0.447 e. The smallest absolute Gasteiger partial charge is 0.310 e. The lowest BCUT2D eigenvalue weighted by Gasteiger charge is -2.36. The van der Waals surface area contributed by atoms with Crippen LogP contribution in [0.15, 0.2) is 30.3 Å².